The van der Waals surface area contributed by atoms with Gasteiger partial charge < -0.3 is 4.74 Å². The van der Waals surface area contributed by atoms with E-state index in [2.05, 4.69) is 31.9 Å². The van der Waals surface area contributed by atoms with Crippen molar-refractivity contribution in [2.75, 3.05) is 23.9 Å². The SMILES string of the molecule is BrCCCCOCCCCBr. The number of rotatable bonds is 8. The Kier molecular flexibility index (Phi) is 11.8. The summed E-state index contributed by atoms with van der Waals surface area (Å²) in [5, 5.41) is 2.19. The van der Waals surface area contributed by atoms with Gasteiger partial charge in [-0.05, 0) is 25.7 Å². The van der Waals surface area contributed by atoms with E-state index in [-0.39, 0.29) is 0 Å². The average Bonchev–Trinajstić information content (AvgIpc) is 2.03. The van der Waals surface area contributed by atoms with Gasteiger partial charge in [0.25, 0.3) is 0 Å². The van der Waals surface area contributed by atoms with Crippen LogP contribution in [0.1, 0.15) is 25.7 Å². The Hall–Kier alpha value is 0.920. The molecule has 0 aromatic carbocycles. The molecule has 0 saturated heterocycles. The van der Waals surface area contributed by atoms with E-state index < -0.39 is 0 Å². The Balaban J connectivity index is 2.69. The predicted octanol–water partition coefficient (Wildman–Crippen LogP) is 3.35. The summed E-state index contributed by atoms with van der Waals surface area (Å²) in [5.41, 5.74) is 0. The van der Waals surface area contributed by atoms with Crippen LogP contribution in [-0.4, -0.2) is 23.9 Å². The lowest BCUT2D eigenvalue weighted by Crippen LogP contribution is -1.97. The molecule has 0 bridgehead atoms. The summed E-state index contributed by atoms with van der Waals surface area (Å²) in [6.07, 6.45) is 4.80. The van der Waals surface area contributed by atoms with Crippen LogP contribution in [-0.2, 0) is 4.74 Å². The van der Waals surface area contributed by atoms with E-state index in [9.17, 15) is 0 Å². The average molecular weight is 288 g/mol. The monoisotopic (exact) mass is 286 g/mol. The number of hydrogen-bond acceptors (Lipinski definition) is 1. The molecule has 0 aliphatic carbocycles. The maximum absolute atomic E-state index is 5.40. The van der Waals surface area contributed by atoms with Gasteiger partial charge in [-0.25, -0.2) is 0 Å². The maximum Gasteiger partial charge on any atom is 0.0466 e. The molecule has 68 valence electrons. The summed E-state index contributed by atoms with van der Waals surface area (Å²) in [5.74, 6) is 0. The first-order chi connectivity index (χ1) is 5.41. The first-order valence-corrected chi connectivity index (χ1v) is 6.35. The Labute approximate surface area is 86.1 Å². The highest BCUT2D eigenvalue weighted by molar-refractivity contribution is 9.09. The molecular weight excluding hydrogens is 272 g/mol. The minimum atomic E-state index is 0.924. The highest BCUT2D eigenvalue weighted by atomic mass is 79.9. The van der Waals surface area contributed by atoms with E-state index in [1.54, 1.807) is 0 Å². The van der Waals surface area contributed by atoms with Crippen LogP contribution < -0.4 is 0 Å². The summed E-state index contributed by atoms with van der Waals surface area (Å²) in [4.78, 5) is 0. The highest BCUT2D eigenvalue weighted by Crippen LogP contribution is 1.97. The van der Waals surface area contributed by atoms with E-state index in [4.69, 9.17) is 4.74 Å². The van der Waals surface area contributed by atoms with Crippen molar-refractivity contribution in [2.45, 2.75) is 25.7 Å². The van der Waals surface area contributed by atoms with Crippen molar-refractivity contribution in [2.24, 2.45) is 0 Å². The van der Waals surface area contributed by atoms with E-state index in [1.165, 1.54) is 25.7 Å². The molecule has 0 N–H and O–H groups in total. The van der Waals surface area contributed by atoms with Gasteiger partial charge in [0.2, 0.25) is 0 Å². The third kappa shape index (κ3) is 10.9. The minimum Gasteiger partial charge on any atom is -0.381 e. The topological polar surface area (TPSA) is 9.23 Å². The zero-order valence-corrected chi connectivity index (χ0v) is 9.99. The van der Waals surface area contributed by atoms with Crippen molar-refractivity contribution in [1.82, 2.24) is 0 Å². The lowest BCUT2D eigenvalue weighted by molar-refractivity contribution is 0.129. The molecule has 0 aliphatic rings. The molecule has 0 amide bonds. The molecule has 0 fully saturated rings. The van der Waals surface area contributed by atoms with Crippen LogP contribution >= 0.6 is 31.9 Å². The number of unbranched alkanes of at least 4 members (excludes halogenated alkanes) is 2. The van der Waals surface area contributed by atoms with Gasteiger partial charge in [-0.15, -0.1) is 0 Å². The predicted molar refractivity (Wildman–Crippen MR) is 56.9 cm³/mol. The fourth-order valence-corrected chi connectivity index (χ4v) is 1.49. The maximum atomic E-state index is 5.40. The van der Waals surface area contributed by atoms with Crippen molar-refractivity contribution in [3.05, 3.63) is 0 Å². The second kappa shape index (κ2) is 10.9. The van der Waals surface area contributed by atoms with E-state index in [0.29, 0.717) is 0 Å². The summed E-state index contributed by atoms with van der Waals surface area (Å²) in [6, 6.07) is 0. The third-order valence-corrected chi connectivity index (χ3v) is 2.47. The molecule has 0 spiro atoms. The summed E-state index contributed by atoms with van der Waals surface area (Å²) >= 11 is 6.76. The quantitative estimate of drug-likeness (QED) is 0.491. The normalized spacial score (nSPS) is 10.4. The molecule has 0 aromatic rings. The lowest BCUT2D eigenvalue weighted by atomic mass is 10.3. The second-order valence-corrected chi connectivity index (χ2v) is 3.99. The number of halogens is 2. The standard InChI is InChI=1S/C8H16Br2O/c9-5-1-3-7-11-8-4-2-6-10/h1-8H2. The van der Waals surface area contributed by atoms with Gasteiger partial charge in [-0.1, -0.05) is 31.9 Å². The molecule has 11 heavy (non-hydrogen) atoms. The number of hydrogen-bond donors (Lipinski definition) is 0. The molecule has 3 heteroatoms. The molecule has 0 aliphatic heterocycles. The molecule has 0 atom stereocenters. The fourth-order valence-electron chi connectivity index (χ4n) is 0.699. The molecule has 0 aromatic heterocycles. The molecule has 0 heterocycles. The fraction of sp³-hybridized carbons (Fsp3) is 1.00. The second-order valence-electron chi connectivity index (χ2n) is 2.40. The van der Waals surface area contributed by atoms with Crippen LogP contribution in [0.4, 0.5) is 0 Å². The van der Waals surface area contributed by atoms with Crippen molar-refractivity contribution in [1.29, 1.82) is 0 Å². The van der Waals surface area contributed by atoms with Gasteiger partial charge in [0.05, 0.1) is 0 Å². The molecule has 0 saturated carbocycles. The van der Waals surface area contributed by atoms with Crippen LogP contribution in [0.2, 0.25) is 0 Å². The third-order valence-electron chi connectivity index (χ3n) is 1.34. The van der Waals surface area contributed by atoms with Crippen LogP contribution in [0.25, 0.3) is 0 Å². The van der Waals surface area contributed by atoms with Gasteiger partial charge in [-0.2, -0.15) is 0 Å². The van der Waals surface area contributed by atoms with E-state index in [1.807, 2.05) is 0 Å². The van der Waals surface area contributed by atoms with Gasteiger partial charge >= 0.3 is 0 Å². The lowest BCUT2D eigenvalue weighted by Gasteiger charge is -2.01. The van der Waals surface area contributed by atoms with Crippen LogP contribution in [0.5, 0.6) is 0 Å². The van der Waals surface area contributed by atoms with Gasteiger partial charge in [-0.3, -0.25) is 0 Å². The van der Waals surface area contributed by atoms with Crippen LogP contribution in [0, 0.1) is 0 Å². The molecule has 0 rings (SSSR count). The minimum absolute atomic E-state index is 0.924. The zero-order valence-electron chi connectivity index (χ0n) is 6.82. The zero-order chi connectivity index (χ0) is 8.36. The summed E-state index contributed by atoms with van der Waals surface area (Å²) < 4.78 is 5.40. The van der Waals surface area contributed by atoms with E-state index in [0.717, 1.165) is 23.9 Å². The first kappa shape index (κ1) is 11.9. The Bertz CT molecular complexity index is 61.1. The smallest absolute Gasteiger partial charge is 0.0466 e. The Morgan fingerprint density at radius 1 is 0.727 bits per heavy atom. The van der Waals surface area contributed by atoms with Gasteiger partial charge in [0, 0.05) is 23.9 Å². The van der Waals surface area contributed by atoms with Crippen molar-refractivity contribution >= 4 is 31.9 Å². The van der Waals surface area contributed by atoms with Gasteiger partial charge in [0.1, 0.15) is 0 Å². The van der Waals surface area contributed by atoms with Crippen molar-refractivity contribution < 1.29 is 4.74 Å². The molecule has 0 unspecified atom stereocenters. The van der Waals surface area contributed by atoms with Crippen molar-refractivity contribution in [3.8, 4) is 0 Å². The largest absolute Gasteiger partial charge is 0.381 e. The summed E-state index contributed by atoms with van der Waals surface area (Å²) in [6.45, 7) is 1.85. The Morgan fingerprint density at radius 3 is 1.55 bits per heavy atom. The molecule has 0 radical (unpaired) electrons. The molecule has 1 nitrogen and oxygen atoms in total. The Morgan fingerprint density at radius 2 is 1.18 bits per heavy atom. The van der Waals surface area contributed by atoms with Crippen molar-refractivity contribution in [3.63, 3.8) is 0 Å². The highest BCUT2D eigenvalue weighted by Gasteiger charge is 1.88. The van der Waals surface area contributed by atoms with E-state index >= 15 is 0 Å². The summed E-state index contributed by atoms with van der Waals surface area (Å²) in [7, 11) is 0. The van der Waals surface area contributed by atoms with Crippen LogP contribution in [0.3, 0.4) is 0 Å². The number of ether oxygens (including phenoxy) is 1. The molecular formula is C8H16Br2O. The number of alkyl halides is 2. The first-order valence-electron chi connectivity index (χ1n) is 4.11. The van der Waals surface area contributed by atoms with Crippen LogP contribution in [0.15, 0.2) is 0 Å². The van der Waals surface area contributed by atoms with Gasteiger partial charge in [0.15, 0.2) is 0 Å².